The Kier molecular flexibility index (Phi) is 5.93. The molecule has 2 aromatic rings. The van der Waals surface area contributed by atoms with E-state index in [1.807, 2.05) is 6.07 Å². The average Bonchev–Trinajstić information content (AvgIpc) is 3.11. The van der Waals surface area contributed by atoms with Gasteiger partial charge in [0.05, 0.1) is 24.7 Å². The first-order chi connectivity index (χ1) is 13.7. The van der Waals surface area contributed by atoms with Crippen molar-refractivity contribution in [3.8, 4) is 5.75 Å². The van der Waals surface area contributed by atoms with Crippen molar-refractivity contribution in [2.45, 2.75) is 43.6 Å². The fourth-order valence-electron chi connectivity index (χ4n) is 3.49. The third kappa shape index (κ3) is 4.27. The summed E-state index contributed by atoms with van der Waals surface area (Å²) in [6, 6.07) is 11.0. The molecule has 0 aliphatic heterocycles. The van der Waals surface area contributed by atoms with Gasteiger partial charge in [0.15, 0.2) is 0 Å². The molecule has 0 heterocycles. The molecule has 0 spiro atoms. The topological polar surface area (TPSA) is 98.8 Å². The van der Waals surface area contributed by atoms with E-state index >= 15 is 0 Å². The molecule has 0 saturated heterocycles. The van der Waals surface area contributed by atoms with E-state index in [-0.39, 0.29) is 10.5 Å². The van der Waals surface area contributed by atoms with Crippen LogP contribution in [0.2, 0.25) is 0 Å². The molecule has 1 aliphatic rings. The molecule has 8 heteroatoms. The molecular formula is C21H23NO6S. The highest BCUT2D eigenvalue weighted by Gasteiger charge is 2.34. The van der Waals surface area contributed by atoms with Gasteiger partial charge < -0.3 is 9.47 Å². The van der Waals surface area contributed by atoms with Gasteiger partial charge in [-0.15, -0.1) is 0 Å². The highest BCUT2D eigenvalue weighted by Crippen LogP contribution is 2.38. The minimum Gasteiger partial charge on any atom is -0.496 e. The Morgan fingerprint density at radius 1 is 1.10 bits per heavy atom. The van der Waals surface area contributed by atoms with E-state index in [1.54, 1.807) is 33.1 Å². The van der Waals surface area contributed by atoms with Gasteiger partial charge in [0.1, 0.15) is 10.6 Å². The number of ether oxygens (including phenoxy) is 2. The molecule has 1 N–H and O–H groups in total. The second-order valence-corrected chi connectivity index (χ2v) is 8.69. The number of amides is 1. The largest absolute Gasteiger partial charge is 0.496 e. The summed E-state index contributed by atoms with van der Waals surface area (Å²) < 4.78 is 38.3. The quantitative estimate of drug-likeness (QED) is 0.726. The fourth-order valence-corrected chi connectivity index (χ4v) is 4.71. The van der Waals surface area contributed by atoms with E-state index < -0.39 is 33.9 Å². The zero-order valence-electron chi connectivity index (χ0n) is 16.5. The van der Waals surface area contributed by atoms with Crippen LogP contribution in [0.3, 0.4) is 0 Å². The maximum atomic E-state index is 12.9. The lowest BCUT2D eigenvalue weighted by atomic mass is 10.0. The van der Waals surface area contributed by atoms with E-state index in [1.165, 1.54) is 24.3 Å². The summed E-state index contributed by atoms with van der Waals surface area (Å²) in [6.07, 6.45) is 0.695. The minimum atomic E-state index is -4.26. The molecule has 1 aliphatic carbocycles. The molecule has 0 fully saturated rings. The Balaban J connectivity index is 1.87. The number of carbonyl (C=O) groups is 2. The van der Waals surface area contributed by atoms with E-state index in [0.717, 1.165) is 11.1 Å². The van der Waals surface area contributed by atoms with Gasteiger partial charge in [0, 0.05) is 0 Å². The number of esters is 1. The number of hydrogen-bond acceptors (Lipinski definition) is 6. The number of rotatable bonds is 6. The maximum Gasteiger partial charge on any atom is 0.339 e. The van der Waals surface area contributed by atoms with Gasteiger partial charge >= 0.3 is 5.97 Å². The van der Waals surface area contributed by atoms with Gasteiger partial charge in [-0.2, -0.15) is 0 Å². The van der Waals surface area contributed by atoms with Crippen molar-refractivity contribution in [1.82, 2.24) is 4.72 Å². The van der Waals surface area contributed by atoms with Crippen LogP contribution in [0.5, 0.6) is 5.75 Å². The third-order valence-corrected chi connectivity index (χ3v) is 6.14. The monoisotopic (exact) mass is 417 g/mol. The molecule has 1 unspecified atom stereocenters. The van der Waals surface area contributed by atoms with Gasteiger partial charge in [-0.3, -0.25) is 4.79 Å². The molecule has 7 nitrogen and oxygen atoms in total. The highest BCUT2D eigenvalue weighted by molar-refractivity contribution is 7.90. The lowest BCUT2D eigenvalue weighted by Crippen LogP contribution is -2.35. The normalized spacial score (nSPS) is 15.7. The number of carbonyl (C=O) groups excluding carboxylic acids is 2. The Hall–Kier alpha value is -2.87. The SMILES string of the molecule is COc1cccc2c1CCC2C(=O)NS(=O)(=O)c1ccccc1C(=O)OC(C)C. The Bertz CT molecular complexity index is 1040. The summed E-state index contributed by atoms with van der Waals surface area (Å²) in [5, 5.41) is 0. The molecule has 154 valence electrons. The van der Waals surface area contributed by atoms with Crippen molar-refractivity contribution in [2.75, 3.05) is 7.11 Å². The lowest BCUT2D eigenvalue weighted by Gasteiger charge is -2.15. The molecule has 1 amide bonds. The van der Waals surface area contributed by atoms with E-state index in [9.17, 15) is 18.0 Å². The summed E-state index contributed by atoms with van der Waals surface area (Å²) in [7, 11) is -2.70. The zero-order chi connectivity index (χ0) is 21.2. The smallest absolute Gasteiger partial charge is 0.339 e. The van der Waals surface area contributed by atoms with Crippen LogP contribution in [0.25, 0.3) is 0 Å². The van der Waals surface area contributed by atoms with E-state index in [4.69, 9.17) is 9.47 Å². The first kappa shape index (κ1) is 20.9. The summed E-state index contributed by atoms with van der Waals surface area (Å²) in [6.45, 7) is 3.34. The predicted molar refractivity (Wildman–Crippen MR) is 106 cm³/mol. The number of methoxy groups -OCH3 is 1. The van der Waals surface area contributed by atoms with Crippen LogP contribution >= 0.6 is 0 Å². The standard InChI is InChI=1S/C21H23NO6S/c1-13(2)28-21(24)17-7-4-5-10-19(17)29(25,26)22-20(23)16-12-11-15-14(16)8-6-9-18(15)27-3/h4-10,13,16H,11-12H2,1-3H3,(H,22,23). The van der Waals surface area contributed by atoms with Gasteiger partial charge in [-0.05, 0) is 56.0 Å². The van der Waals surface area contributed by atoms with Crippen LogP contribution in [0.15, 0.2) is 47.4 Å². The Morgan fingerprint density at radius 2 is 1.83 bits per heavy atom. The first-order valence-corrected chi connectivity index (χ1v) is 10.8. The summed E-state index contributed by atoms with van der Waals surface area (Å²) in [5.41, 5.74) is 1.55. The van der Waals surface area contributed by atoms with Crippen LogP contribution in [-0.4, -0.2) is 33.5 Å². The fraction of sp³-hybridized carbons (Fsp3) is 0.333. The van der Waals surface area contributed by atoms with Crippen LogP contribution in [0.4, 0.5) is 0 Å². The van der Waals surface area contributed by atoms with Gasteiger partial charge in [0.25, 0.3) is 10.0 Å². The number of nitrogens with one attached hydrogen (secondary N) is 1. The molecule has 0 bridgehead atoms. The van der Waals surface area contributed by atoms with Crippen molar-refractivity contribution in [2.24, 2.45) is 0 Å². The molecule has 29 heavy (non-hydrogen) atoms. The molecule has 0 aromatic heterocycles. The number of hydrogen-bond donors (Lipinski definition) is 1. The van der Waals surface area contributed by atoms with Crippen molar-refractivity contribution >= 4 is 21.9 Å². The van der Waals surface area contributed by atoms with E-state index in [0.29, 0.717) is 18.6 Å². The first-order valence-electron chi connectivity index (χ1n) is 9.27. The van der Waals surface area contributed by atoms with Crippen LogP contribution < -0.4 is 9.46 Å². The lowest BCUT2D eigenvalue weighted by molar-refractivity contribution is -0.120. The highest BCUT2D eigenvalue weighted by atomic mass is 32.2. The molecule has 0 radical (unpaired) electrons. The number of benzene rings is 2. The zero-order valence-corrected chi connectivity index (χ0v) is 17.3. The van der Waals surface area contributed by atoms with Gasteiger partial charge in [0.2, 0.25) is 5.91 Å². The van der Waals surface area contributed by atoms with Crippen molar-refractivity contribution in [3.63, 3.8) is 0 Å². The predicted octanol–water partition coefficient (Wildman–Crippen LogP) is 2.80. The number of sulfonamides is 1. The van der Waals surface area contributed by atoms with Crippen molar-refractivity contribution in [3.05, 3.63) is 59.2 Å². The van der Waals surface area contributed by atoms with Crippen molar-refractivity contribution in [1.29, 1.82) is 0 Å². The molecule has 0 saturated carbocycles. The van der Waals surface area contributed by atoms with Gasteiger partial charge in [-0.25, -0.2) is 17.9 Å². The number of fused-ring (bicyclic) bond motifs is 1. The third-order valence-electron chi connectivity index (χ3n) is 4.74. The van der Waals surface area contributed by atoms with Gasteiger partial charge in [-0.1, -0.05) is 24.3 Å². The van der Waals surface area contributed by atoms with Crippen LogP contribution in [-0.2, 0) is 26.0 Å². The average molecular weight is 417 g/mol. The second kappa shape index (κ2) is 8.24. The van der Waals surface area contributed by atoms with Crippen molar-refractivity contribution < 1.29 is 27.5 Å². The summed E-state index contributed by atoms with van der Waals surface area (Å²) in [5.74, 6) is -1.32. The molecule has 1 atom stereocenters. The summed E-state index contributed by atoms with van der Waals surface area (Å²) in [4.78, 5) is 24.8. The minimum absolute atomic E-state index is 0.116. The maximum absolute atomic E-state index is 12.9. The van der Waals surface area contributed by atoms with Crippen LogP contribution in [0.1, 0.15) is 47.7 Å². The van der Waals surface area contributed by atoms with E-state index in [2.05, 4.69) is 4.72 Å². The Labute approximate surface area is 170 Å². The molecule has 2 aromatic carbocycles. The Morgan fingerprint density at radius 3 is 2.52 bits per heavy atom. The van der Waals surface area contributed by atoms with Crippen LogP contribution in [0, 0.1) is 0 Å². The molecule has 3 rings (SSSR count). The molecular weight excluding hydrogens is 394 g/mol. The summed E-state index contributed by atoms with van der Waals surface area (Å²) >= 11 is 0. The second-order valence-electron chi connectivity index (χ2n) is 7.04.